The Kier molecular flexibility index (Phi) is 5.57. The van der Waals surface area contributed by atoms with E-state index in [4.69, 9.17) is 10.5 Å². The van der Waals surface area contributed by atoms with Crippen molar-refractivity contribution in [1.82, 2.24) is 4.90 Å². The number of urea groups is 1. The fraction of sp³-hybridized carbons (Fsp3) is 0.176. The van der Waals surface area contributed by atoms with Crippen LogP contribution in [0.5, 0.6) is 0 Å². The lowest BCUT2D eigenvalue weighted by atomic mass is 10.2. The summed E-state index contributed by atoms with van der Waals surface area (Å²) < 4.78 is 5.25. The number of benzene rings is 2. The van der Waals surface area contributed by atoms with Crippen molar-refractivity contribution in [2.75, 3.05) is 12.4 Å². The first kappa shape index (κ1) is 16.4. The molecule has 0 aromatic heterocycles. The number of nitrogens with zero attached hydrogens (tertiary/aromatic N) is 1. The summed E-state index contributed by atoms with van der Waals surface area (Å²) in [6, 6.07) is 16.0. The van der Waals surface area contributed by atoms with Gasteiger partial charge in [0.25, 0.3) is 0 Å². The highest BCUT2D eigenvalue weighted by Crippen LogP contribution is 2.13. The van der Waals surface area contributed by atoms with Crippen LogP contribution in [0.25, 0.3) is 0 Å². The first-order valence-electron chi connectivity index (χ1n) is 7.12. The summed E-state index contributed by atoms with van der Waals surface area (Å²) in [5, 5.41) is 2.50. The van der Waals surface area contributed by atoms with E-state index in [2.05, 4.69) is 5.32 Å². The molecule has 120 valence electrons. The molecular weight excluding hydrogens is 294 g/mol. The number of rotatable bonds is 5. The Balaban J connectivity index is 1.89. The second-order valence-electron chi connectivity index (χ2n) is 5.09. The quantitative estimate of drug-likeness (QED) is 0.890. The van der Waals surface area contributed by atoms with Crippen LogP contribution >= 0.6 is 0 Å². The van der Waals surface area contributed by atoms with Crippen LogP contribution in [0.1, 0.15) is 11.1 Å². The van der Waals surface area contributed by atoms with Crippen LogP contribution in [0.2, 0.25) is 0 Å². The lowest BCUT2D eigenvalue weighted by Crippen LogP contribution is -2.27. The zero-order valence-electron chi connectivity index (χ0n) is 12.9. The number of primary amides is 1. The molecule has 0 atom stereocenters. The van der Waals surface area contributed by atoms with Crippen molar-refractivity contribution in [2.45, 2.75) is 13.2 Å². The average molecular weight is 313 g/mol. The second kappa shape index (κ2) is 7.84. The lowest BCUT2D eigenvalue weighted by Gasteiger charge is -2.17. The number of nitrogens with one attached hydrogen (secondary N) is 1. The Morgan fingerprint density at radius 3 is 2.48 bits per heavy atom. The second-order valence-corrected chi connectivity index (χ2v) is 5.09. The number of carbonyl (C=O) groups excluding carboxylic acids is 2. The van der Waals surface area contributed by atoms with Crippen LogP contribution in [0, 0.1) is 0 Å². The molecule has 6 nitrogen and oxygen atoms in total. The van der Waals surface area contributed by atoms with E-state index < -0.39 is 12.1 Å². The zero-order chi connectivity index (χ0) is 16.7. The third-order valence-corrected chi connectivity index (χ3v) is 3.13. The Hall–Kier alpha value is -3.02. The van der Waals surface area contributed by atoms with Gasteiger partial charge in [-0.15, -0.1) is 0 Å². The van der Waals surface area contributed by atoms with Crippen molar-refractivity contribution in [2.24, 2.45) is 5.73 Å². The van der Waals surface area contributed by atoms with Gasteiger partial charge in [-0.05, 0) is 23.3 Å². The maximum absolute atomic E-state index is 12.0. The van der Waals surface area contributed by atoms with E-state index in [0.717, 1.165) is 11.1 Å². The predicted octanol–water partition coefficient (Wildman–Crippen LogP) is 2.95. The fourth-order valence-electron chi connectivity index (χ4n) is 2.06. The van der Waals surface area contributed by atoms with Gasteiger partial charge in [-0.25, -0.2) is 9.59 Å². The smallest absolute Gasteiger partial charge is 0.410 e. The Labute approximate surface area is 134 Å². The minimum atomic E-state index is -0.627. The topological polar surface area (TPSA) is 84.7 Å². The molecule has 6 heteroatoms. The highest BCUT2D eigenvalue weighted by Gasteiger charge is 2.11. The van der Waals surface area contributed by atoms with Gasteiger partial charge >= 0.3 is 12.1 Å². The number of ether oxygens (including phenoxy) is 1. The molecule has 0 aliphatic rings. The molecular formula is C17H19N3O3. The first-order valence-corrected chi connectivity index (χ1v) is 7.12. The number of carbonyl (C=O) groups is 2. The summed E-state index contributed by atoms with van der Waals surface area (Å²) in [5.74, 6) is 0. The number of nitrogens with two attached hydrogens (primary N) is 1. The van der Waals surface area contributed by atoms with E-state index in [0.29, 0.717) is 12.2 Å². The van der Waals surface area contributed by atoms with Gasteiger partial charge in [-0.3, -0.25) is 0 Å². The minimum Gasteiger partial charge on any atom is -0.445 e. The average Bonchev–Trinajstić information content (AvgIpc) is 2.53. The van der Waals surface area contributed by atoms with E-state index in [-0.39, 0.29) is 6.61 Å². The number of anilines is 1. The maximum atomic E-state index is 12.0. The van der Waals surface area contributed by atoms with Crippen LogP contribution in [-0.2, 0) is 17.9 Å². The van der Waals surface area contributed by atoms with Crippen molar-refractivity contribution in [3.8, 4) is 0 Å². The molecule has 0 spiro atoms. The van der Waals surface area contributed by atoms with Gasteiger partial charge in [-0.1, -0.05) is 42.5 Å². The van der Waals surface area contributed by atoms with E-state index >= 15 is 0 Å². The van der Waals surface area contributed by atoms with Crippen LogP contribution in [0.4, 0.5) is 15.3 Å². The van der Waals surface area contributed by atoms with Gasteiger partial charge in [-0.2, -0.15) is 0 Å². The molecule has 2 rings (SSSR count). The SMILES string of the molecule is CN(Cc1cccc(NC(N)=O)c1)C(=O)OCc1ccccc1. The standard InChI is InChI=1S/C17H19N3O3/c1-20(17(22)23-12-13-6-3-2-4-7-13)11-14-8-5-9-15(10-14)19-16(18)21/h2-10H,11-12H2,1H3,(H3,18,19,21). The lowest BCUT2D eigenvalue weighted by molar-refractivity contribution is 0.103. The molecule has 3 amide bonds. The van der Waals surface area contributed by atoms with Gasteiger partial charge in [0.2, 0.25) is 0 Å². The summed E-state index contributed by atoms with van der Waals surface area (Å²) in [5.41, 5.74) is 7.46. The van der Waals surface area contributed by atoms with Gasteiger partial charge in [0.05, 0.1) is 0 Å². The molecule has 0 aliphatic carbocycles. The largest absolute Gasteiger partial charge is 0.445 e. The van der Waals surface area contributed by atoms with Gasteiger partial charge in [0.15, 0.2) is 0 Å². The summed E-state index contributed by atoms with van der Waals surface area (Å²) in [7, 11) is 1.65. The molecule has 0 unspecified atom stereocenters. The van der Waals surface area contributed by atoms with Gasteiger partial charge < -0.3 is 20.7 Å². The molecule has 2 aromatic carbocycles. The molecule has 23 heavy (non-hydrogen) atoms. The van der Waals surface area contributed by atoms with Crippen molar-refractivity contribution < 1.29 is 14.3 Å². The van der Waals surface area contributed by atoms with Crippen molar-refractivity contribution in [1.29, 1.82) is 0 Å². The fourth-order valence-corrected chi connectivity index (χ4v) is 2.06. The van der Waals surface area contributed by atoms with Crippen LogP contribution < -0.4 is 11.1 Å². The van der Waals surface area contributed by atoms with Crippen LogP contribution in [0.3, 0.4) is 0 Å². The van der Waals surface area contributed by atoms with Crippen LogP contribution in [0.15, 0.2) is 54.6 Å². The maximum Gasteiger partial charge on any atom is 0.410 e. The van der Waals surface area contributed by atoms with Gasteiger partial charge in [0, 0.05) is 19.3 Å². The predicted molar refractivity (Wildman–Crippen MR) is 87.7 cm³/mol. The summed E-state index contributed by atoms with van der Waals surface area (Å²) in [6.45, 7) is 0.592. The van der Waals surface area contributed by atoms with E-state index in [9.17, 15) is 9.59 Å². The van der Waals surface area contributed by atoms with E-state index in [1.54, 1.807) is 25.2 Å². The summed E-state index contributed by atoms with van der Waals surface area (Å²) >= 11 is 0. The normalized spacial score (nSPS) is 9.96. The summed E-state index contributed by atoms with van der Waals surface area (Å²) in [4.78, 5) is 24.3. The third kappa shape index (κ3) is 5.35. The summed E-state index contributed by atoms with van der Waals surface area (Å²) in [6.07, 6.45) is -0.415. The molecule has 0 saturated carbocycles. The highest BCUT2D eigenvalue weighted by atomic mass is 16.6. The van der Waals surface area contributed by atoms with Crippen molar-refractivity contribution >= 4 is 17.8 Å². The third-order valence-electron chi connectivity index (χ3n) is 3.13. The number of amides is 3. The molecule has 3 N–H and O–H groups in total. The molecule has 2 aromatic rings. The highest BCUT2D eigenvalue weighted by molar-refractivity contribution is 5.87. The minimum absolute atomic E-state index is 0.229. The first-order chi connectivity index (χ1) is 11.0. The number of hydrogen-bond acceptors (Lipinski definition) is 3. The molecule has 0 heterocycles. The molecule has 0 bridgehead atoms. The Bertz CT molecular complexity index is 674. The molecule has 0 aliphatic heterocycles. The van der Waals surface area contributed by atoms with Crippen molar-refractivity contribution in [3.63, 3.8) is 0 Å². The molecule has 0 fully saturated rings. The molecule has 0 radical (unpaired) electrons. The van der Waals surface area contributed by atoms with Gasteiger partial charge in [0.1, 0.15) is 6.61 Å². The monoisotopic (exact) mass is 313 g/mol. The van der Waals surface area contributed by atoms with Crippen molar-refractivity contribution in [3.05, 3.63) is 65.7 Å². The Morgan fingerprint density at radius 1 is 1.09 bits per heavy atom. The van der Waals surface area contributed by atoms with E-state index in [1.165, 1.54) is 4.90 Å². The Morgan fingerprint density at radius 2 is 1.78 bits per heavy atom. The number of hydrogen-bond donors (Lipinski definition) is 2. The van der Waals surface area contributed by atoms with Crippen LogP contribution in [-0.4, -0.2) is 24.1 Å². The zero-order valence-corrected chi connectivity index (χ0v) is 12.9. The van der Waals surface area contributed by atoms with E-state index in [1.807, 2.05) is 36.4 Å². The molecule has 0 saturated heterocycles.